The minimum atomic E-state index is -3.73. The molecule has 0 spiro atoms. The van der Waals surface area contributed by atoms with Gasteiger partial charge in [-0.25, -0.2) is 8.42 Å². The molecule has 0 heterocycles. The second kappa shape index (κ2) is 6.32. The van der Waals surface area contributed by atoms with Crippen LogP contribution in [-0.4, -0.2) is 14.2 Å². The molecule has 0 amide bonds. The van der Waals surface area contributed by atoms with Gasteiger partial charge in [0.05, 0.1) is 10.6 Å². The number of carbonyl (C=O) groups excluding carboxylic acids is 1. The lowest BCUT2D eigenvalue weighted by molar-refractivity contribution is 0.101. The number of anilines is 1. The van der Waals surface area contributed by atoms with E-state index in [1.165, 1.54) is 19.1 Å². The van der Waals surface area contributed by atoms with E-state index in [1.54, 1.807) is 12.1 Å². The molecule has 5 heteroatoms. The molecule has 0 radical (unpaired) electrons. The first-order valence-corrected chi connectivity index (χ1v) is 8.55. The molecule has 4 nitrogen and oxygen atoms in total. The molecular weight excluding hydrogens is 298 g/mol. The Labute approximate surface area is 131 Å². The summed E-state index contributed by atoms with van der Waals surface area (Å²) in [7, 11) is -3.73. The van der Waals surface area contributed by atoms with Crippen LogP contribution in [-0.2, 0) is 16.4 Å². The highest BCUT2D eigenvalue weighted by Gasteiger charge is 2.18. The van der Waals surface area contributed by atoms with E-state index in [-0.39, 0.29) is 10.7 Å². The predicted octanol–water partition coefficient (Wildman–Crippen LogP) is 3.56. The molecule has 0 saturated carbocycles. The van der Waals surface area contributed by atoms with E-state index >= 15 is 0 Å². The Morgan fingerprint density at radius 2 is 1.82 bits per heavy atom. The Bertz CT molecular complexity index is 810. The maximum Gasteiger partial charge on any atom is 0.261 e. The molecule has 0 fully saturated rings. The highest BCUT2D eigenvalue weighted by atomic mass is 32.2. The lowest BCUT2D eigenvalue weighted by Gasteiger charge is -2.14. The minimum Gasteiger partial charge on any atom is -0.295 e. The fraction of sp³-hybridized carbons (Fsp3) is 0.235. The van der Waals surface area contributed by atoms with Crippen LogP contribution in [0.2, 0.25) is 0 Å². The third-order valence-corrected chi connectivity index (χ3v) is 4.87. The van der Waals surface area contributed by atoms with Gasteiger partial charge in [0.15, 0.2) is 5.78 Å². The Morgan fingerprint density at radius 3 is 2.45 bits per heavy atom. The number of benzene rings is 2. The number of hydrogen-bond acceptors (Lipinski definition) is 3. The molecular formula is C17H19NO3S. The van der Waals surface area contributed by atoms with E-state index in [4.69, 9.17) is 0 Å². The number of carbonyl (C=O) groups is 1. The van der Waals surface area contributed by atoms with Gasteiger partial charge in [-0.1, -0.05) is 37.3 Å². The molecule has 116 valence electrons. The van der Waals surface area contributed by atoms with Crippen molar-refractivity contribution in [3.05, 3.63) is 59.2 Å². The van der Waals surface area contributed by atoms with Crippen LogP contribution in [0, 0.1) is 6.92 Å². The number of rotatable bonds is 5. The molecule has 1 N–H and O–H groups in total. The highest BCUT2D eigenvalue weighted by Crippen LogP contribution is 2.25. The number of hydrogen-bond donors (Lipinski definition) is 1. The van der Waals surface area contributed by atoms with Crippen LogP contribution in [0.5, 0.6) is 0 Å². The number of ketones is 1. The summed E-state index contributed by atoms with van der Waals surface area (Å²) in [5.74, 6) is -0.165. The monoisotopic (exact) mass is 317 g/mol. The van der Waals surface area contributed by atoms with Crippen LogP contribution in [0.3, 0.4) is 0 Å². The molecule has 2 rings (SSSR count). The number of sulfonamides is 1. The summed E-state index contributed by atoms with van der Waals surface area (Å²) in [5, 5.41) is 0. The molecule has 0 bridgehead atoms. The first-order valence-electron chi connectivity index (χ1n) is 7.07. The van der Waals surface area contributed by atoms with Crippen LogP contribution in [0.1, 0.15) is 35.3 Å². The number of aryl methyl sites for hydroxylation is 2. The lowest BCUT2D eigenvalue weighted by Crippen LogP contribution is -2.15. The van der Waals surface area contributed by atoms with Crippen molar-refractivity contribution in [2.75, 3.05) is 4.72 Å². The average Bonchev–Trinajstić information content (AvgIpc) is 2.49. The van der Waals surface area contributed by atoms with E-state index in [1.807, 2.05) is 32.0 Å². The topological polar surface area (TPSA) is 63.2 Å². The zero-order chi connectivity index (χ0) is 16.3. The zero-order valence-electron chi connectivity index (χ0n) is 12.9. The average molecular weight is 317 g/mol. The van der Waals surface area contributed by atoms with Gasteiger partial charge in [0.2, 0.25) is 0 Å². The first-order chi connectivity index (χ1) is 10.3. The first kappa shape index (κ1) is 16.2. The van der Waals surface area contributed by atoms with E-state index in [9.17, 15) is 13.2 Å². The van der Waals surface area contributed by atoms with Crippen molar-refractivity contribution in [1.82, 2.24) is 0 Å². The standard InChI is InChI=1S/C17H19NO3S/c1-4-14-8-5-7-12(2)17(14)18-22(20,21)16-10-6-9-15(11-16)13(3)19/h5-11,18H,4H2,1-3H3. The van der Waals surface area contributed by atoms with Gasteiger partial charge in [-0.3, -0.25) is 9.52 Å². The van der Waals surface area contributed by atoms with Gasteiger partial charge in [0, 0.05) is 5.56 Å². The predicted molar refractivity (Wildman–Crippen MR) is 87.8 cm³/mol. The summed E-state index contributed by atoms with van der Waals surface area (Å²) < 4.78 is 27.8. The molecule has 2 aromatic rings. The quantitative estimate of drug-likeness (QED) is 0.858. The van der Waals surface area contributed by atoms with Gasteiger partial charge in [-0.15, -0.1) is 0 Å². The van der Waals surface area contributed by atoms with Gasteiger partial charge in [0.1, 0.15) is 0 Å². The summed E-state index contributed by atoms with van der Waals surface area (Å²) in [5.41, 5.74) is 2.79. The molecule has 0 saturated heterocycles. The SMILES string of the molecule is CCc1cccc(C)c1NS(=O)(=O)c1cccc(C(C)=O)c1. The van der Waals surface area contributed by atoms with E-state index in [0.29, 0.717) is 11.3 Å². The summed E-state index contributed by atoms with van der Waals surface area (Å²) in [6.07, 6.45) is 0.729. The van der Waals surface area contributed by atoms with Crippen LogP contribution >= 0.6 is 0 Å². The Balaban J connectivity index is 2.45. The van der Waals surface area contributed by atoms with E-state index < -0.39 is 10.0 Å². The van der Waals surface area contributed by atoms with Crippen molar-refractivity contribution in [3.8, 4) is 0 Å². The van der Waals surface area contributed by atoms with Crippen molar-refractivity contribution in [1.29, 1.82) is 0 Å². The number of para-hydroxylation sites is 1. The lowest BCUT2D eigenvalue weighted by atomic mass is 10.1. The molecule has 0 aliphatic heterocycles. The van der Waals surface area contributed by atoms with Gasteiger partial charge in [-0.2, -0.15) is 0 Å². The molecule has 0 aliphatic rings. The Kier molecular flexibility index (Phi) is 4.66. The number of Topliss-reactive ketones (excluding diaryl/α,β-unsaturated/α-hetero) is 1. The van der Waals surface area contributed by atoms with Crippen molar-refractivity contribution in [3.63, 3.8) is 0 Å². The number of nitrogens with one attached hydrogen (secondary N) is 1. The van der Waals surface area contributed by atoms with Crippen LogP contribution in [0.25, 0.3) is 0 Å². The van der Waals surface area contributed by atoms with Gasteiger partial charge >= 0.3 is 0 Å². The molecule has 0 aliphatic carbocycles. The van der Waals surface area contributed by atoms with E-state index in [2.05, 4.69) is 4.72 Å². The Morgan fingerprint density at radius 1 is 1.14 bits per heavy atom. The van der Waals surface area contributed by atoms with Gasteiger partial charge < -0.3 is 0 Å². The fourth-order valence-electron chi connectivity index (χ4n) is 2.24. The van der Waals surface area contributed by atoms with Crippen molar-refractivity contribution in [2.24, 2.45) is 0 Å². The molecule has 0 unspecified atom stereocenters. The Hall–Kier alpha value is -2.14. The van der Waals surface area contributed by atoms with Crippen molar-refractivity contribution < 1.29 is 13.2 Å². The van der Waals surface area contributed by atoms with Crippen LogP contribution in [0.4, 0.5) is 5.69 Å². The summed E-state index contributed by atoms with van der Waals surface area (Å²) in [6, 6.07) is 11.7. The van der Waals surface area contributed by atoms with E-state index in [0.717, 1.165) is 17.5 Å². The van der Waals surface area contributed by atoms with Crippen LogP contribution in [0.15, 0.2) is 47.4 Å². The van der Waals surface area contributed by atoms with Crippen molar-refractivity contribution >= 4 is 21.5 Å². The smallest absolute Gasteiger partial charge is 0.261 e. The van der Waals surface area contributed by atoms with Gasteiger partial charge in [-0.05, 0) is 43.5 Å². The van der Waals surface area contributed by atoms with Crippen LogP contribution < -0.4 is 4.72 Å². The highest BCUT2D eigenvalue weighted by molar-refractivity contribution is 7.92. The summed E-state index contributed by atoms with van der Waals surface area (Å²) in [6.45, 7) is 5.25. The molecule has 0 aromatic heterocycles. The molecule has 22 heavy (non-hydrogen) atoms. The summed E-state index contributed by atoms with van der Waals surface area (Å²) >= 11 is 0. The normalized spacial score (nSPS) is 11.2. The summed E-state index contributed by atoms with van der Waals surface area (Å²) in [4.78, 5) is 11.5. The third-order valence-electron chi connectivity index (χ3n) is 3.53. The largest absolute Gasteiger partial charge is 0.295 e. The second-order valence-corrected chi connectivity index (χ2v) is 6.83. The second-order valence-electron chi connectivity index (χ2n) is 5.15. The zero-order valence-corrected chi connectivity index (χ0v) is 13.7. The third kappa shape index (κ3) is 3.36. The van der Waals surface area contributed by atoms with Crippen molar-refractivity contribution in [2.45, 2.75) is 32.1 Å². The van der Waals surface area contributed by atoms with Gasteiger partial charge in [0.25, 0.3) is 10.0 Å². The minimum absolute atomic E-state index is 0.0884. The molecule has 0 atom stereocenters. The molecule has 2 aromatic carbocycles. The maximum atomic E-state index is 12.6. The maximum absolute atomic E-state index is 12.6. The fourth-order valence-corrected chi connectivity index (χ4v) is 3.46.